The van der Waals surface area contributed by atoms with Gasteiger partial charge < -0.3 is 14.7 Å². The van der Waals surface area contributed by atoms with Crippen molar-refractivity contribution >= 4 is 11.4 Å². The van der Waals surface area contributed by atoms with Crippen LogP contribution < -0.4 is 9.64 Å². The Hall–Kier alpha value is -3.54. The summed E-state index contributed by atoms with van der Waals surface area (Å²) in [5.41, 5.74) is 2.21. The van der Waals surface area contributed by atoms with Crippen LogP contribution in [0.4, 0.5) is 11.4 Å². The number of benzene rings is 3. The lowest BCUT2D eigenvalue weighted by Crippen LogP contribution is -2.25. The predicted octanol–water partition coefficient (Wildman–Crippen LogP) is 6.97. The molecule has 0 fully saturated rings. The number of unbranched alkanes of at least 4 members (excludes halogenated alkanes) is 2. The van der Waals surface area contributed by atoms with E-state index in [1.165, 1.54) is 37.8 Å². The minimum Gasteiger partial charge on any atom is -0.508 e. The van der Waals surface area contributed by atoms with Crippen LogP contribution in [0.5, 0.6) is 11.5 Å². The number of rotatable bonds is 11. The summed E-state index contributed by atoms with van der Waals surface area (Å²) < 4.78 is 5.48. The zero-order chi connectivity index (χ0) is 23.9. The van der Waals surface area contributed by atoms with E-state index < -0.39 is 4.92 Å². The van der Waals surface area contributed by atoms with Crippen molar-refractivity contribution < 1.29 is 14.8 Å². The van der Waals surface area contributed by atoms with Crippen LogP contribution >= 0.6 is 0 Å². The summed E-state index contributed by atoms with van der Waals surface area (Å²) in [7, 11) is 0. The maximum Gasteiger partial charge on any atom is 0.273 e. The van der Waals surface area contributed by atoms with Gasteiger partial charge in [0.2, 0.25) is 0 Å². The average molecular weight is 451 g/mol. The molecule has 0 saturated heterocycles. The number of ether oxygens (including phenoxy) is 1. The summed E-state index contributed by atoms with van der Waals surface area (Å²) >= 11 is 0. The molecule has 3 aromatic rings. The number of nitro groups is 1. The molecule has 0 aliphatic rings. The molecule has 3 aromatic carbocycles. The highest BCUT2D eigenvalue weighted by Crippen LogP contribution is 2.21. The highest BCUT2D eigenvalue weighted by molar-refractivity contribution is 5.50. The number of phenols is 1. The Kier molecular flexibility index (Phi) is 11.3. The van der Waals surface area contributed by atoms with E-state index >= 15 is 0 Å². The molecule has 1 N–H and O–H groups in total. The molecule has 3 rings (SSSR count). The molecule has 0 aromatic heterocycles. The molecular weight excluding hydrogens is 416 g/mol. The smallest absolute Gasteiger partial charge is 0.273 e. The van der Waals surface area contributed by atoms with Gasteiger partial charge in [0.1, 0.15) is 18.1 Å². The van der Waals surface area contributed by atoms with E-state index in [4.69, 9.17) is 4.74 Å². The van der Waals surface area contributed by atoms with Crippen molar-refractivity contribution in [1.82, 2.24) is 0 Å². The number of hydrogen-bond donors (Lipinski definition) is 1. The van der Waals surface area contributed by atoms with Gasteiger partial charge in [-0.3, -0.25) is 10.1 Å². The quantitative estimate of drug-likeness (QED) is 0.252. The number of non-ortho nitro benzene ring substituents is 1. The monoisotopic (exact) mass is 450 g/mol. The zero-order valence-corrected chi connectivity index (χ0v) is 19.5. The Balaban J connectivity index is 0.000000234. The number of phenolic OH excluding ortho intramolecular Hbond substituents is 1. The zero-order valence-electron chi connectivity index (χ0n) is 19.5. The Morgan fingerprint density at radius 3 is 2.15 bits per heavy atom. The highest BCUT2D eigenvalue weighted by atomic mass is 16.6. The molecule has 0 spiro atoms. The van der Waals surface area contributed by atoms with Crippen molar-refractivity contribution in [3.05, 3.63) is 94.5 Å². The maximum absolute atomic E-state index is 10.6. The predicted molar refractivity (Wildman–Crippen MR) is 134 cm³/mol. The van der Waals surface area contributed by atoms with Crippen LogP contribution in [0.2, 0.25) is 0 Å². The van der Waals surface area contributed by atoms with Crippen molar-refractivity contribution in [2.75, 3.05) is 18.0 Å². The Bertz CT molecular complexity index is 955. The second kappa shape index (κ2) is 14.5. The third-order valence-corrected chi connectivity index (χ3v) is 5.03. The first-order chi connectivity index (χ1) is 16.0. The number of anilines is 1. The van der Waals surface area contributed by atoms with Gasteiger partial charge in [-0.1, -0.05) is 69.2 Å². The van der Waals surface area contributed by atoms with Gasteiger partial charge in [0.25, 0.3) is 5.69 Å². The molecule has 0 heterocycles. The Labute approximate surface area is 196 Å². The average Bonchev–Trinajstić information content (AvgIpc) is 2.84. The van der Waals surface area contributed by atoms with Crippen molar-refractivity contribution in [2.45, 2.75) is 46.1 Å². The van der Waals surface area contributed by atoms with Gasteiger partial charge in [0.15, 0.2) is 0 Å². The molecule has 0 bridgehead atoms. The van der Waals surface area contributed by atoms with E-state index in [0.717, 1.165) is 24.3 Å². The van der Waals surface area contributed by atoms with Crippen LogP contribution in [-0.4, -0.2) is 23.1 Å². The molecule has 6 nitrogen and oxygen atoms in total. The minimum absolute atomic E-state index is 0.0376. The van der Waals surface area contributed by atoms with Crippen molar-refractivity contribution in [2.24, 2.45) is 0 Å². The van der Waals surface area contributed by atoms with Gasteiger partial charge in [-0.25, -0.2) is 0 Å². The van der Waals surface area contributed by atoms with E-state index in [1.807, 2.05) is 42.5 Å². The topological polar surface area (TPSA) is 75.8 Å². The second-order valence-electron chi connectivity index (χ2n) is 7.74. The molecule has 6 heteroatoms. The molecule has 33 heavy (non-hydrogen) atoms. The van der Waals surface area contributed by atoms with Crippen LogP contribution in [0.3, 0.4) is 0 Å². The van der Waals surface area contributed by atoms with E-state index in [2.05, 4.69) is 24.8 Å². The van der Waals surface area contributed by atoms with E-state index in [0.29, 0.717) is 18.1 Å². The third-order valence-electron chi connectivity index (χ3n) is 5.03. The summed E-state index contributed by atoms with van der Waals surface area (Å²) in [6, 6.07) is 23.4. The van der Waals surface area contributed by atoms with Gasteiger partial charge in [-0.15, -0.1) is 0 Å². The largest absolute Gasteiger partial charge is 0.508 e. The second-order valence-corrected chi connectivity index (χ2v) is 7.74. The lowest BCUT2D eigenvalue weighted by molar-refractivity contribution is -0.384. The van der Waals surface area contributed by atoms with Crippen molar-refractivity contribution in [3.63, 3.8) is 0 Å². The lowest BCUT2D eigenvalue weighted by atomic mass is 10.2. The van der Waals surface area contributed by atoms with Gasteiger partial charge in [-0.05, 0) is 36.6 Å². The van der Waals surface area contributed by atoms with Crippen molar-refractivity contribution in [3.8, 4) is 11.5 Å². The first-order valence-corrected chi connectivity index (χ1v) is 11.5. The molecule has 0 amide bonds. The molecule has 0 aliphatic heterocycles. The lowest BCUT2D eigenvalue weighted by Gasteiger charge is -2.24. The van der Waals surface area contributed by atoms with Gasteiger partial charge in [0.05, 0.1) is 11.0 Å². The number of nitro benzene ring substituents is 1. The summed E-state index contributed by atoms with van der Waals surface area (Å²) in [5.74, 6) is 0.860. The van der Waals surface area contributed by atoms with E-state index in [9.17, 15) is 15.2 Å². The van der Waals surface area contributed by atoms with Gasteiger partial charge in [0, 0.05) is 30.9 Å². The fourth-order valence-electron chi connectivity index (χ4n) is 3.19. The molecule has 0 radical (unpaired) electrons. The fraction of sp³-hybridized carbons (Fsp3) is 0.333. The number of aromatic hydroxyl groups is 1. The number of nitrogens with zero attached hydrogens (tertiary/aromatic N) is 2. The first kappa shape index (κ1) is 25.7. The Morgan fingerprint density at radius 1 is 0.879 bits per heavy atom. The molecule has 0 saturated carbocycles. The van der Waals surface area contributed by atoms with Crippen LogP contribution in [0.1, 0.15) is 45.1 Å². The van der Waals surface area contributed by atoms with E-state index in [1.54, 1.807) is 18.2 Å². The SMILES string of the molecule is CCCCN(CCCC)c1cccc(O)c1.O=[N+]([O-])c1cccc(OCc2ccccc2)c1. The minimum atomic E-state index is -0.435. The summed E-state index contributed by atoms with van der Waals surface area (Å²) in [5, 5.41) is 20.1. The fourth-order valence-corrected chi connectivity index (χ4v) is 3.19. The third kappa shape index (κ3) is 9.64. The maximum atomic E-state index is 10.6. The van der Waals surface area contributed by atoms with Gasteiger partial charge >= 0.3 is 0 Å². The van der Waals surface area contributed by atoms with Crippen LogP contribution in [0, 0.1) is 10.1 Å². The highest BCUT2D eigenvalue weighted by Gasteiger charge is 2.07. The van der Waals surface area contributed by atoms with Crippen LogP contribution in [0.25, 0.3) is 0 Å². The van der Waals surface area contributed by atoms with Gasteiger partial charge in [-0.2, -0.15) is 0 Å². The standard InChI is InChI=1S/C14H23NO.C13H11NO3/c1-3-5-10-15(11-6-4-2)13-8-7-9-14(16)12-13;15-14(16)12-7-4-8-13(9-12)17-10-11-5-2-1-3-6-11/h7-9,12,16H,3-6,10-11H2,1-2H3;1-9H,10H2. The summed E-state index contributed by atoms with van der Waals surface area (Å²) in [4.78, 5) is 12.5. The molecule has 0 atom stereocenters. The van der Waals surface area contributed by atoms with Crippen LogP contribution in [0.15, 0.2) is 78.9 Å². The van der Waals surface area contributed by atoms with E-state index in [-0.39, 0.29) is 5.69 Å². The molecule has 0 aliphatic carbocycles. The van der Waals surface area contributed by atoms with Crippen LogP contribution in [-0.2, 0) is 6.61 Å². The molecular formula is C27H34N2O4. The normalized spacial score (nSPS) is 10.1. The summed E-state index contributed by atoms with van der Waals surface area (Å²) in [6.45, 7) is 6.99. The number of hydrogen-bond acceptors (Lipinski definition) is 5. The first-order valence-electron chi connectivity index (χ1n) is 11.5. The molecule has 176 valence electrons. The summed E-state index contributed by atoms with van der Waals surface area (Å²) in [6.07, 6.45) is 4.83. The molecule has 0 unspecified atom stereocenters. The Morgan fingerprint density at radius 2 is 1.55 bits per heavy atom. The van der Waals surface area contributed by atoms with Crippen molar-refractivity contribution in [1.29, 1.82) is 0 Å².